The second-order valence-corrected chi connectivity index (χ2v) is 7.76. The number of rotatable bonds is 5. The van der Waals surface area contributed by atoms with Gasteiger partial charge in [-0.25, -0.2) is 4.79 Å². The van der Waals surface area contributed by atoms with Crippen LogP contribution in [0.25, 0.3) is 0 Å². The number of allylic oxidation sites excluding steroid dienone is 3. The lowest BCUT2D eigenvalue weighted by molar-refractivity contribution is -0.143. The summed E-state index contributed by atoms with van der Waals surface area (Å²) in [5.74, 6) is -0.492. The van der Waals surface area contributed by atoms with Crippen molar-refractivity contribution in [1.29, 1.82) is 0 Å². The van der Waals surface area contributed by atoms with Gasteiger partial charge in [0, 0.05) is 35.9 Å². The van der Waals surface area contributed by atoms with Gasteiger partial charge in [0.25, 0.3) is 0 Å². The van der Waals surface area contributed by atoms with Crippen molar-refractivity contribution in [2.75, 3.05) is 20.3 Å². The molecule has 3 aliphatic rings. The molecule has 3 unspecified atom stereocenters. The number of Topliss-reactive ketones (excluding diaryl/α,β-unsaturated/α-hetero) is 1. The Balaban J connectivity index is 1.73. The lowest BCUT2D eigenvalue weighted by Crippen LogP contribution is -2.41. The zero-order valence-electron chi connectivity index (χ0n) is 16.9. The van der Waals surface area contributed by atoms with Crippen LogP contribution in [0.4, 0.5) is 0 Å². The zero-order chi connectivity index (χ0) is 20.4. The van der Waals surface area contributed by atoms with Gasteiger partial charge in [0.1, 0.15) is 18.1 Å². The Morgan fingerprint density at radius 2 is 2.10 bits per heavy atom. The number of esters is 1. The fourth-order valence-electron chi connectivity index (χ4n) is 4.56. The molecule has 6 nitrogen and oxygen atoms in total. The maximum absolute atomic E-state index is 13.2. The number of fused-ring (bicyclic) bond motifs is 1. The molecule has 0 radical (unpaired) electrons. The lowest BCUT2D eigenvalue weighted by atomic mass is 9.71. The van der Waals surface area contributed by atoms with Crippen LogP contribution in [0.1, 0.15) is 44.1 Å². The molecule has 29 heavy (non-hydrogen) atoms. The molecule has 3 atom stereocenters. The highest BCUT2D eigenvalue weighted by atomic mass is 16.6. The third-order valence-corrected chi connectivity index (χ3v) is 5.94. The van der Waals surface area contributed by atoms with E-state index in [1.165, 1.54) is 0 Å². The van der Waals surface area contributed by atoms with Gasteiger partial charge in [0.15, 0.2) is 0 Å². The van der Waals surface area contributed by atoms with Gasteiger partial charge in [-0.1, -0.05) is 24.3 Å². The van der Waals surface area contributed by atoms with E-state index in [1.807, 2.05) is 31.2 Å². The SMILES string of the molecule is COc1ccccc1C1C(C(=O)OCC2CCCO2)=C(C)NC2=CCCC(=O)C21. The molecule has 2 aliphatic heterocycles. The van der Waals surface area contributed by atoms with Gasteiger partial charge in [-0.05, 0) is 32.3 Å². The van der Waals surface area contributed by atoms with Crippen LogP contribution in [0.3, 0.4) is 0 Å². The minimum atomic E-state index is -0.441. The number of para-hydroxylation sites is 1. The predicted molar refractivity (Wildman–Crippen MR) is 107 cm³/mol. The number of benzene rings is 1. The Morgan fingerprint density at radius 3 is 2.86 bits per heavy atom. The summed E-state index contributed by atoms with van der Waals surface area (Å²) in [4.78, 5) is 26.1. The minimum absolute atomic E-state index is 0.0483. The predicted octanol–water partition coefficient (Wildman–Crippen LogP) is 3.24. The zero-order valence-corrected chi connectivity index (χ0v) is 16.9. The van der Waals surface area contributed by atoms with E-state index in [0.717, 1.165) is 29.8 Å². The summed E-state index contributed by atoms with van der Waals surface area (Å²) in [5, 5.41) is 3.29. The molecule has 0 amide bonds. The Bertz CT molecular complexity index is 866. The molecule has 0 bridgehead atoms. The first-order valence-corrected chi connectivity index (χ1v) is 10.2. The Labute approximate surface area is 170 Å². The van der Waals surface area contributed by atoms with E-state index in [2.05, 4.69) is 11.4 Å². The summed E-state index contributed by atoms with van der Waals surface area (Å²) in [7, 11) is 1.60. The van der Waals surface area contributed by atoms with Gasteiger partial charge in [-0.2, -0.15) is 0 Å². The van der Waals surface area contributed by atoms with Crippen LogP contribution in [0.15, 0.2) is 47.3 Å². The number of ether oxygens (including phenoxy) is 3. The van der Waals surface area contributed by atoms with Gasteiger partial charge >= 0.3 is 5.97 Å². The van der Waals surface area contributed by atoms with Crippen molar-refractivity contribution in [3.05, 3.63) is 52.9 Å². The maximum atomic E-state index is 13.2. The first kappa shape index (κ1) is 19.7. The number of methoxy groups -OCH3 is 1. The van der Waals surface area contributed by atoms with E-state index in [9.17, 15) is 9.59 Å². The summed E-state index contributed by atoms with van der Waals surface area (Å²) in [6, 6.07) is 7.57. The van der Waals surface area contributed by atoms with E-state index in [4.69, 9.17) is 14.2 Å². The number of ketones is 1. The highest BCUT2D eigenvalue weighted by Gasteiger charge is 2.44. The molecule has 154 valence electrons. The van der Waals surface area contributed by atoms with Crippen LogP contribution in [0.5, 0.6) is 5.75 Å². The van der Waals surface area contributed by atoms with Gasteiger partial charge < -0.3 is 19.5 Å². The van der Waals surface area contributed by atoms with Crippen LogP contribution in [-0.4, -0.2) is 38.2 Å². The van der Waals surface area contributed by atoms with Crippen LogP contribution in [0.2, 0.25) is 0 Å². The summed E-state index contributed by atoms with van der Waals surface area (Å²) in [6.07, 6.45) is 5.08. The van der Waals surface area contributed by atoms with E-state index in [1.54, 1.807) is 7.11 Å². The molecule has 0 spiro atoms. The smallest absolute Gasteiger partial charge is 0.336 e. The number of carbonyl (C=O) groups excluding carboxylic acids is 2. The van der Waals surface area contributed by atoms with Crippen LogP contribution >= 0.6 is 0 Å². The monoisotopic (exact) mass is 397 g/mol. The van der Waals surface area contributed by atoms with Gasteiger partial charge in [0.05, 0.1) is 24.7 Å². The first-order valence-electron chi connectivity index (χ1n) is 10.2. The third-order valence-electron chi connectivity index (χ3n) is 5.94. The van der Waals surface area contributed by atoms with Crippen LogP contribution < -0.4 is 10.1 Å². The van der Waals surface area contributed by atoms with E-state index < -0.39 is 17.8 Å². The van der Waals surface area contributed by atoms with Crippen molar-refractivity contribution in [2.45, 2.75) is 44.6 Å². The van der Waals surface area contributed by atoms with Gasteiger partial charge in [0.2, 0.25) is 0 Å². The molecule has 0 saturated carbocycles. The van der Waals surface area contributed by atoms with Gasteiger partial charge in [-0.15, -0.1) is 0 Å². The largest absolute Gasteiger partial charge is 0.496 e. The molecule has 1 aromatic rings. The van der Waals surface area contributed by atoms with Crippen molar-refractivity contribution in [3.8, 4) is 5.75 Å². The topological polar surface area (TPSA) is 73.9 Å². The number of hydrogen-bond acceptors (Lipinski definition) is 6. The number of hydrogen-bond donors (Lipinski definition) is 1. The molecule has 1 N–H and O–H groups in total. The molecule has 2 heterocycles. The molecule has 0 aromatic heterocycles. The fraction of sp³-hybridized carbons (Fsp3) is 0.478. The molecule has 1 saturated heterocycles. The van der Waals surface area contributed by atoms with Crippen molar-refractivity contribution < 1.29 is 23.8 Å². The minimum Gasteiger partial charge on any atom is -0.496 e. The van der Waals surface area contributed by atoms with E-state index >= 15 is 0 Å². The molecule has 6 heteroatoms. The maximum Gasteiger partial charge on any atom is 0.336 e. The highest BCUT2D eigenvalue weighted by molar-refractivity contribution is 5.96. The molecular formula is C23H27NO5. The fourth-order valence-corrected chi connectivity index (χ4v) is 4.56. The van der Waals surface area contributed by atoms with Crippen molar-refractivity contribution in [3.63, 3.8) is 0 Å². The number of nitrogens with one attached hydrogen (secondary N) is 1. The summed E-state index contributed by atoms with van der Waals surface area (Å²) in [6.45, 7) is 2.80. The third kappa shape index (κ3) is 3.81. The van der Waals surface area contributed by atoms with Crippen LogP contribution in [-0.2, 0) is 19.1 Å². The summed E-state index contributed by atoms with van der Waals surface area (Å²) in [5.41, 5.74) is 2.90. The Hall–Kier alpha value is -2.60. The normalized spacial score (nSPS) is 26.5. The summed E-state index contributed by atoms with van der Waals surface area (Å²) >= 11 is 0. The van der Waals surface area contributed by atoms with Gasteiger partial charge in [-0.3, -0.25) is 4.79 Å². The molecule has 1 aromatic carbocycles. The molecule has 4 rings (SSSR count). The van der Waals surface area contributed by atoms with Crippen molar-refractivity contribution >= 4 is 11.8 Å². The van der Waals surface area contributed by atoms with Crippen molar-refractivity contribution in [2.24, 2.45) is 5.92 Å². The van der Waals surface area contributed by atoms with E-state index in [0.29, 0.717) is 30.8 Å². The first-order chi connectivity index (χ1) is 14.1. The van der Waals surface area contributed by atoms with E-state index in [-0.39, 0.29) is 18.5 Å². The molecular weight excluding hydrogens is 370 g/mol. The molecule has 1 aliphatic carbocycles. The average Bonchev–Trinajstić information content (AvgIpc) is 3.25. The number of carbonyl (C=O) groups is 2. The second kappa shape index (κ2) is 8.41. The summed E-state index contributed by atoms with van der Waals surface area (Å²) < 4.78 is 16.8. The van der Waals surface area contributed by atoms with Crippen LogP contribution in [0, 0.1) is 5.92 Å². The Morgan fingerprint density at radius 1 is 1.28 bits per heavy atom. The quantitative estimate of drug-likeness (QED) is 0.769. The second-order valence-electron chi connectivity index (χ2n) is 7.76. The Kier molecular flexibility index (Phi) is 5.72. The average molecular weight is 397 g/mol. The lowest BCUT2D eigenvalue weighted by Gasteiger charge is -2.38. The van der Waals surface area contributed by atoms with Crippen molar-refractivity contribution in [1.82, 2.24) is 5.32 Å². The standard InChI is InChI=1S/C23H27NO5/c1-14-20(23(26)29-13-15-7-6-12-28-15)21(16-8-3-4-11-19(16)27-2)22-17(24-14)9-5-10-18(22)25/h3-4,8-9,11,15,21-22,24H,5-7,10,12-13H2,1-2H3. The molecule has 1 fully saturated rings. The highest BCUT2D eigenvalue weighted by Crippen LogP contribution is 2.46.